The second kappa shape index (κ2) is 7.19. The molecule has 104 valence electrons. The van der Waals surface area contributed by atoms with Crippen LogP contribution in [-0.4, -0.2) is 30.1 Å². The smallest absolute Gasteiger partial charge is 0.252 e. The number of ether oxygens (including phenoxy) is 1. The van der Waals surface area contributed by atoms with Crippen LogP contribution in [0.15, 0.2) is 18.5 Å². The summed E-state index contributed by atoms with van der Waals surface area (Å²) in [5.74, 6) is -0.768. The lowest BCUT2D eigenvalue weighted by Gasteiger charge is -2.09. The minimum absolute atomic E-state index is 0.263. The van der Waals surface area contributed by atoms with Gasteiger partial charge in [0.05, 0.1) is 17.9 Å². The summed E-state index contributed by atoms with van der Waals surface area (Å²) >= 11 is 0. The van der Waals surface area contributed by atoms with Crippen LogP contribution >= 0.6 is 0 Å². The first-order chi connectivity index (χ1) is 9.25. The SMILES string of the molecule is O=C(NCCCCC1CCCO1)c1cncc(F)c1. The number of hydrogen-bond acceptors (Lipinski definition) is 3. The molecular weight excluding hydrogens is 247 g/mol. The predicted octanol–water partition coefficient (Wildman–Crippen LogP) is 2.30. The first-order valence-electron chi connectivity index (χ1n) is 6.76. The van der Waals surface area contributed by atoms with Gasteiger partial charge in [0.15, 0.2) is 0 Å². The summed E-state index contributed by atoms with van der Waals surface area (Å²) in [7, 11) is 0. The molecule has 1 aromatic rings. The Labute approximate surface area is 112 Å². The molecule has 1 unspecified atom stereocenters. The molecule has 2 heterocycles. The van der Waals surface area contributed by atoms with E-state index in [4.69, 9.17) is 4.74 Å². The third-order valence-electron chi connectivity index (χ3n) is 3.23. The highest BCUT2D eigenvalue weighted by molar-refractivity contribution is 5.93. The topological polar surface area (TPSA) is 51.2 Å². The number of carbonyl (C=O) groups is 1. The van der Waals surface area contributed by atoms with Gasteiger partial charge >= 0.3 is 0 Å². The summed E-state index contributed by atoms with van der Waals surface area (Å²) in [6, 6.07) is 1.19. The van der Waals surface area contributed by atoms with E-state index in [1.807, 2.05) is 0 Å². The number of nitrogens with one attached hydrogen (secondary N) is 1. The Morgan fingerprint density at radius 3 is 3.11 bits per heavy atom. The normalized spacial score (nSPS) is 18.5. The maximum atomic E-state index is 12.9. The van der Waals surface area contributed by atoms with Crippen LogP contribution < -0.4 is 5.32 Å². The summed E-state index contributed by atoms with van der Waals surface area (Å²) in [4.78, 5) is 15.3. The predicted molar refractivity (Wildman–Crippen MR) is 69.4 cm³/mol. The van der Waals surface area contributed by atoms with Crippen molar-refractivity contribution in [1.82, 2.24) is 10.3 Å². The second-order valence-corrected chi connectivity index (χ2v) is 4.78. The number of hydrogen-bond donors (Lipinski definition) is 1. The highest BCUT2D eigenvalue weighted by atomic mass is 19.1. The highest BCUT2D eigenvalue weighted by Crippen LogP contribution is 2.17. The van der Waals surface area contributed by atoms with Crippen LogP contribution in [0.3, 0.4) is 0 Å². The van der Waals surface area contributed by atoms with Crippen LogP contribution in [0, 0.1) is 5.82 Å². The summed E-state index contributed by atoms with van der Waals surface area (Å²) < 4.78 is 18.4. The van der Waals surface area contributed by atoms with E-state index in [9.17, 15) is 9.18 Å². The third kappa shape index (κ3) is 4.59. The molecule has 0 bridgehead atoms. The minimum Gasteiger partial charge on any atom is -0.378 e. The number of carbonyl (C=O) groups excluding carboxylic acids is 1. The lowest BCUT2D eigenvalue weighted by atomic mass is 10.1. The van der Waals surface area contributed by atoms with Crippen molar-refractivity contribution >= 4 is 5.91 Å². The molecule has 1 aliphatic rings. The molecular formula is C14H19FN2O2. The van der Waals surface area contributed by atoms with E-state index < -0.39 is 5.82 Å². The highest BCUT2D eigenvalue weighted by Gasteiger charge is 2.14. The van der Waals surface area contributed by atoms with Gasteiger partial charge in [-0.3, -0.25) is 9.78 Å². The van der Waals surface area contributed by atoms with Gasteiger partial charge in [-0.2, -0.15) is 0 Å². The van der Waals surface area contributed by atoms with Gasteiger partial charge in [-0.05, 0) is 38.2 Å². The number of unbranched alkanes of at least 4 members (excludes halogenated alkanes) is 1. The Morgan fingerprint density at radius 1 is 1.47 bits per heavy atom. The number of rotatable bonds is 6. The van der Waals surface area contributed by atoms with Crippen molar-refractivity contribution in [3.63, 3.8) is 0 Å². The molecule has 1 saturated heterocycles. The van der Waals surface area contributed by atoms with Crippen molar-refractivity contribution in [2.45, 2.75) is 38.2 Å². The zero-order valence-corrected chi connectivity index (χ0v) is 10.9. The van der Waals surface area contributed by atoms with Crippen LogP contribution in [-0.2, 0) is 4.74 Å². The number of halogens is 1. The fourth-order valence-corrected chi connectivity index (χ4v) is 2.21. The summed E-state index contributed by atoms with van der Waals surface area (Å²) in [6.07, 6.45) is 8.17. The van der Waals surface area contributed by atoms with Gasteiger partial charge in [-0.25, -0.2) is 4.39 Å². The van der Waals surface area contributed by atoms with Gasteiger partial charge in [0.2, 0.25) is 0 Å². The first kappa shape index (κ1) is 13.9. The monoisotopic (exact) mass is 266 g/mol. The Bertz CT molecular complexity index is 420. The summed E-state index contributed by atoms with van der Waals surface area (Å²) in [5.41, 5.74) is 0.263. The molecule has 1 aliphatic heterocycles. The Morgan fingerprint density at radius 2 is 2.37 bits per heavy atom. The number of amides is 1. The standard InChI is InChI=1S/C14H19FN2O2/c15-12-8-11(9-16-10-12)14(18)17-6-2-1-4-13-5-3-7-19-13/h8-10,13H,1-7H2,(H,17,18). The Kier molecular flexibility index (Phi) is 5.27. The second-order valence-electron chi connectivity index (χ2n) is 4.78. The van der Waals surface area contributed by atoms with Crippen LogP contribution in [0.25, 0.3) is 0 Å². The van der Waals surface area contributed by atoms with Crippen molar-refractivity contribution in [1.29, 1.82) is 0 Å². The van der Waals surface area contributed by atoms with Crippen molar-refractivity contribution in [3.8, 4) is 0 Å². The van der Waals surface area contributed by atoms with Crippen LogP contribution in [0.4, 0.5) is 4.39 Å². The lowest BCUT2D eigenvalue weighted by Crippen LogP contribution is -2.24. The van der Waals surface area contributed by atoms with E-state index in [1.54, 1.807) is 0 Å². The average Bonchev–Trinajstić information content (AvgIpc) is 2.91. The van der Waals surface area contributed by atoms with Crippen molar-refractivity contribution in [2.75, 3.05) is 13.2 Å². The number of pyridine rings is 1. The zero-order chi connectivity index (χ0) is 13.5. The molecule has 19 heavy (non-hydrogen) atoms. The van der Waals surface area contributed by atoms with Crippen LogP contribution in [0.5, 0.6) is 0 Å². The fraction of sp³-hybridized carbons (Fsp3) is 0.571. The minimum atomic E-state index is -0.494. The third-order valence-corrected chi connectivity index (χ3v) is 3.23. The molecule has 0 radical (unpaired) electrons. The van der Waals surface area contributed by atoms with Gasteiger partial charge in [0.25, 0.3) is 5.91 Å². The van der Waals surface area contributed by atoms with Crippen molar-refractivity contribution < 1.29 is 13.9 Å². The van der Waals surface area contributed by atoms with E-state index >= 15 is 0 Å². The van der Waals surface area contributed by atoms with E-state index in [1.165, 1.54) is 12.3 Å². The van der Waals surface area contributed by atoms with Gasteiger partial charge < -0.3 is 10.1 Å². The lowest BCUT2D eigenvalue weighted by molar-refractivity contribution is 0.0946. The number of aromatic nitrogens is 1. The molecule has 1 N–H and O–H groups in total. The molecule has 4 nitrogen and oxygen atoms in total. The molecule has 0 aliphatic carbocycles. The van der Waals surface area contributed by atoms with Gasteiger partial charge in [0.1, 0.15) is 5.82 Å². The molecule has 1 fully saturated rings. The summed E-state index contributed by atoms with van der Waals surface area (Å²) in [5, 5.41) is 2.77. The molecule has 1 amide bonds. The average molecular weight is 266 g/mol. The molecule has 1 atom stereocenters. The molecule has 5 heteroatoms. The largest absolute Gasteiger partial charge is 0.378 e. The van der Waals surface area contributed by atoms with Crippen LogP contribution in [0.2, 0.25) is 0 Å². The van der Waals surface area contributed by atoms with E-state index in [0.29, 0.717) is 12.6 Å². The van der Waals surface area contributed by atoms with E-state index in [2.05, 4.69) is 10.3 Å². The zero-order valence-electron chi connectivity index (χ0n) is 10.9. The fourth-order valence-electron chi connectivity index (χ4n) is 2.21. The van der Waals surface area contributed by atoms with E-state index in [0.717, 1.165) is 44.9 Å². The van der Waals surface area contributed by atoms with Crippen molar-refractivity contribution in [2.24, 2.45) is 0 Å². The molecule has 0 spiro atoms. The number of nitrogens with zero attached hydrogens (tertiary/aromatic N) is 1. The van der Waals surface area contributed by atoms with Crippen LogP contribution in [0.1, 0.15) is 42.5 Å². The van der Waals surface area contributed by atoms with Crippen molar-refractivity contribution in [3.05, 3.63) is 29.8 Å². The molecule has 0 aromatic carbocycles. The first-order valence-corrected chi connectivity index (χ1v) is 6.76. The maximum Gasteiger partial charge on any atom is 0.252 e. The Hall–Kier alpha value is -1.49. The Balaban J connectivity index is 1.61. The summed E-state index contributed by atoms with van der Waals surface area (Å²) in [6.45, 7) is 1.48. The van der Waals surface area contributed by atoms with Gasteiger partial charge in [-0.15, -0.1) is 0 Å². The van der Waals surface area contributed by atoms with E-state index in [-0.39, 0.29) is 11.5 Å². The van der Waals surface area contributed by atoms with Gasteiger partial charge in [-0.1, -0.05) is 0 Å². The molecule has 0 saturated carbocycles. The maximum absolute atomic E-state index is 12.9. The van der Waals surface area contributed by atoms with Gasteiger partial charge in [0, 0.05) is 19.3 Å². The quantitative estimate of drug-likeness (QED) is 0.804. The molecule has 2 rings (SSSR count). The molecule has 1 aromatic heterocycles.